The van der Waals surface area contributed by atoms with E-state index in [1.165, 1.54) is 5.69 Å². The minimum Gasteiger partial charge on any atom is -0.376 e. The second-order valence-electron chi connectivity index (χ2n) is 4.78. The van der Waals surface area contributed by atoms with Gasteiger partial charge in [0.2, 0.25) is 5.91 Å². The topological polar surface area (TPSA) is 56.2 Å². The first-order valence-electron chi connectivity index (χ1n) is 6.93. The smallest absolute Gasteiger partial charge is 0.244 e. The van der Waals surface area contributed by atoms with Crippen LogP contribution in [0.2, 0.25) is 0 Å². The molecule has 2 aromatic heterocycles. The normalized spacial score (nSPS) is 14.3. The number of aromatic nitrogens is 2. The van der Waals surface area contributed by atoms with Crippen molar-refractivity contribution >= 4 is 23.3 Å². The van der Waals surface area contributed by atoms with Gasteiger partial charge in [0.15, 0.2) is 0 Å². The summed E-state index contributed by atoms with van der Waals surface area (Å²) in [6, 6.07) is 3.94. The molecule has 0 saturated heterocycles. The molecular formula is C15H17N3O2S. The van der Waals surface area contributed by atoms with Crippen LogP contribution in [0, 0.1) is 0 Å². The van der Waals surface area contributed by atoms with E-state index < -0.39 is 0 Å². The standard InChI is InChI=1S/C15H17N3O2S/c19-15(4-3-13-2-1-9-21-13)16-6-7-18-14-5-8-20-11-12(14)10-17-18/h1-4,9-10H,5-8,11H2,(H,16,19). The first-order valence-corrected chi connectivity index (χ1v) is 7.81. The van der Waals surface area contributed by atoms with Crippen LogP contribution in [-0.4, -0.2) is 28.8 Å². The number of hydrogen-bond acceptors (Lipinski definition) is 4. The first kappa shape index (κ1) is 14.0. The molecule has 1 amide bonds. The Bertz CT molecular complexity index is 631. The van der Waals surface area contributed by atoms with E-state index in [4.69, 9.17) is 4.74 Å². The Kier molecular flexibility index (Phi) is 4.47. The lowest BCUT2D eigenvalue weighted by Crippen LogP contribution is -2.26. The van der Waals surface area contributed by atoms with E-state index in [1.54, 1.807) is 17.4 Å². The summed E-state index contributed by atoms with van der Waals surface area (Å²) in [5.74, 6) is -0.0762. The Balaban J connectivity index is 1.47. The van der Waals surface area contributed by atoms with Gasteiger partial charge >= 0.3 is 0 Å². The SMILES string of the molecule is O=C(C=Cc1cccs1)NCCn1ncc2c1CCOC2. The number of rotatable bonds is 5. The Labute approximate surface area is 127 Å². The molecule has 0 aliphatic carbocycles. The predicted octanol–water partition coefficient (Wildman–Crippen LogP) is 1.85. The highest BCUT2D eigenvalue weighted by Gasteiger charge is 2.14. The molecule has 1 N–H and O–H groups in total. The predicted molar refractivity (Wildman–Crippen MR) is 81.9 cm³/mol. The van der Waals surface area contributed by atoms with Crippen LogP contribution < -0.4 is 5.32 Å². The van der Waals surface area contributed by atoms with Gasteiger partial charge in [-0.05, 0) is 17.5 Å². The highest BCUT2D eigenvalue weighted by molar-refractivity contribution is 7.10. The van der Waals surface area contributed by atoms with Crippen LogP contribution in [0.15, 0.2) is 29.8 Å². The fourth-order valence-corrected chi connectivity index (χ4v) is 2.91. The van der Waals surface area contributed by atoms with E-state index in [9.17, 15) is 4.79 Å². The lowest BCUT2D eigenvalue weighted by molar-refractivity contribution is -0.116. The van der Waals surface area contributed by atoms with Gasteiger partial charge in [0.05, 0.1) is 26.0 Å². The highest BCUT2D eigenvalue weighted by Crippen LogP contribution is 2.15. The number of carbonyl (C=O) groups is 1. The molecule has 0 spiro atoms. The van der Waals surface area contributed by atoms with E-state index in [1.807, 2.05) is 34.5 Å². The molecule has 0 unspecified atom stereocenters. The summed E-state index contributed by atoms with van der Waals surface area (Å²) < 4.78 is 7.35. The molecule has 21 heavy (non-hydrogen) atoms. The average molecular weight is 303 g/mol. The number of hydrogen-bond donors (Lipinski definition) is 1. The number of nitrogens with zero attached hydrogens (tertiary/aromatic N) is 2. The highest BCUT2D eigenvalue weighted by atomic mass is 32.1. The van der Waals surface area contributed by atoms with Gasteiger partial charge in [-0.1, -0.05) is 6.07 Å². The number of fused-ring (bicyclic) bond motifs is 1. The molecule has 0 aromatic carbocycles. The van der Waals surface area contributed by atoms with Crippen LogP contribution in [0.4, 0.5) is 0 Å². The molecule has 3 rings (SSSR count). The summed E-state index contributed by atoms with van der Waals surface area (Å²) in [5.41, 5.74) is 2.38. The lowest BCUT2D eigenvalue weighted by Gasteiger charge is -2.14. The van der Waals surface area contributed by atoms with Crippen molar-refractivity contribution < 1.29 is 9.53 Å². The van der Waals surface area contributed by atoms with E-state index in [2.05, 4.69) is 10.4 Å². The number of nitrogens with one attached hydrogen (secondary N) is 1. The average Bonchev–Trinajstić information content (AvgIpc) is 3.15. The van der Waals surface area contributed by atoms with Gasteiger partial charge in [0.1, 0.15) is 0 Å². The van der Waals surface area contributed by atoms with Crippen LogP contribution in [0.1, 0.15) is 16.1 Å². The van der Waals surface area contributed by atoms with Crippen molar-refractivity contribution in [2.45, 2.75) is 19.6 Å². The molecular weight excluding hydrogens is 286 g/mol. The van der Waals surface area contributed by atoms with Crippen molar-refractivity contribution in [3.8, 4) is 0 Å². The lowest BCUT2D eigenvalue weighted by atomic mass is 10.2. The number of carbonyl (C=O) groups excluding carboxylic acids is 1. The van der Waals surface area contributed by atoms with E-state index in [-0.39, 0.29) is 5.91 Å². The van der Waals surface area contributed by atoms with Crippen molar-refractivity contribution in [3.05, 3.63) is 45.9 Å². The summed E-state index contributed by atoms with van der Waals surface area (Å²) in [5, 5.41) is 9.22. The Hall–Kier alpha value is -1.92. The summed E-state index contributed by atoms with van der Waals surface area (Å²) >= 11 is 1.61. The maximum absolute atomic E-state index is 11.7. The van der Waals surface area contributed by atoms with Crippen LogP contribution >= 0.6 is 11.3 Å². The van der Waals surface area contributed by atoms with Gasteiger partial charge in [0, 0.05) is 35.2 Å². The fraction of sp³-hybridized carbons (Fsp3) is 0.333. The second kappa shape index (κ2) is 6.69. The van der Waals surface area contributed by atoms with E-state index in [0.717, 1.165) is 23.5 Å². The third kappa shape index (κ3) is 3.59. The Morgan fingerprint density at radius 1 is 1.57 bits per heavy atom. The van der Waals surface area contributed by atoms with Gasteiger partial charge in [0.25, 0.3) is 0 Å². The van der Waals surface area contributed by atoms with Gasteiger partial charge in [-0.2, -0.15) is 5.10 Å². The Morgan fingerprint density at radius 2 is 2.52 bits per heavy atom. The number of amides is 1. The molecule has 0 saturated carbocycles. The van der Waals surface area contributed by atoms with Crippen LogP contribution in [0.3, 0.4) is 0 Å². The van der Waals surface area contributed by atoms with Crippen LogP contribution in [0.5, 0.6) is 0 Å². The molecule has 110 valence electrons. The zero-order chi connectivity index (χ0) is 14.5. The van der Waals surface area contributed by atoms with Gasteiger partial charge < -0.3 is 10.1 Å². The minimum atomic E-state index is -0.0762. The molecule has 2 aromatic rings. The molecule has 0 fully saturated rings. The largest absolute Gasteiger partial charge is 0.376 e. The summed E-state index contributed by atoms with van der Waals surface area (Å²) in [6.07, 6.45) is 6.14. The zero-order valence-electron chi connectivity index (χ0n) is 11.6. The summed E-state index contributed by atoms with van der Waals surface area (Å²) in [4.78, 5) is 12.8. The molecule has 1 aliphatic heterocycles. The molecule has 0 radical (unpaired) electrons. The molecule has 3 heterocycles. The monoisotopic (exact) mass is 303 g/mol. The maximum Gasteiger partial charge on any atom is 0.244 e. The third-order valence-electron chi connectivity index (χ3n) is 3.34. The van der Waals surface area contributed by atoms with Gasteiger partial charge in [-0.3, -0.25) is 9.48 Å². The van der Waals surface area contributed by atoms with Crippen molar-refractivity contribution in [2.24, 2.45) is 0 Å². The number of thiophene rings is 1. The van der Waals surface area contributed by atoms with Crippen molar-refractivity contribution in [3.63, 3.8) is 0 Å². The van der Waals surface area contributed by atoms with Crippen molar-refractivity contribution in [1.29, 1.82) is 0 Å². The first-order chi connectivity index (χ1) is 10.3. The Morgan fingerprint density at radius 3 is 3.38 bits per heavy atom. The fourth-order valence-electron chi connectivity index (χ4n) is 2.29. The summed E-state index contributed by atoms with van der Waals surface area (Å²) in [6.45, 7) is 2.65. The molecule has 0 atom stereocenters. The van der Waals surface area contributed by atoms with Crippen LogP contribution in [0.25, 0.3) is 6.08 Å². The quantitative estimate of drug-likeness (QED) is 0.858. The summed E-state index contributed by atoms with van der Waals surface area (Å²) in [7, 11) is 0. The van der Waals surface area contributed by atoms with E-state index >= 15 is 0 Å². The maximum atomic E-state index is 11.7. The van der Waals surface area contributed by atoms with Gasteiger partial charge in [-0.25, -0.2) is 0 Å². The van der Waals surface area contributed by atoms with Gasteiger partial charge in [-0.15, -0.1) is 11.3 Å². The van der Waals surface area contributed by atoms with Crippen molar-refractivity contribution in [2.75, 3.05) is 13.2 Å². The van der Waals surface area contributed by atoms with Crippen LogP contribution in [-0.2, 0) is 29.1 Å². The minimum absolute atomic E-state index is 0.0762. The van der Waals surface area contributed by atoms with Crippen molar-refractivity contribution in [1.82, 2.24) is 15.1 Å². The molecule has 5 nitrogen and oxygen atoms in total. The molecule has 0 bridgehead atoms. The number of ether oxygens (including phenoxy) is 1. The molecule has 1 aliphatic rings. The second-order valence-corrected chi connectivity index (χ2v) is 5.76. The third-order valence-corrected chi connectivity index (χ3v) is 4.18. The van der Waals surface area contributed by atoms with E-state index in [0.29, 0.717) is 19.7 Å². The molecule has 6 heteroatoms. The zero-order valence-corrected chi connectivity index (χ0v) is 12.4.